The maximum atomic E-state index is 5.65. The van der Waals surface area contributed by atoms with Gasteiger partial charge >= 0.3 is 0 Å². The van der Waals surface area contributed by atoms with Crippen molar-refractivity contribution in [1.82, 2.24) is 20.2 Å². The quantitative estimate of drug-likeness (QED) is 0.690. The van der Waals surface area contributed by atoms with Gasteiger partial charge in [0.15, 0.2) is 11.8 Å². The Labute approximate surface area is 158 Å². The summed E-state index contributed by atoms with van der Waals surface area (Å²) in [5.74, 6) is 2.30. The van der Waals surface area contributed by atoms with Crippen LogP contribution in [0.25, 0.3) is 0 Å². The number of hydrogen-bond donors (Lipinski definition) is 1. The Balaban J connectivity index is 1.98. The zero-order valence-corrected chi connectivity index (χ0v) is 17.0. The molecule has 0 radical (unpaired) electrons. The normalized spacial score (nSPS) is 14.7. The van der Waals surface area contributed by atoms with Crippen LogP contribution in [0.5, 0.6) is 0 Å². The molecular formula is C19H28N5OS+. The molecule has 3 heterocycles. The molecule has 0 aromatic carbocycles. The predicted molar refractivity (Wildman–Crippen MR) is 102 cm³/mol. The molecule has 140 valence electrons. The van der Waals surface area contributed by atoms with E-state index < -0.39 is 0 Å². The first-order chi connectivity index (χ1) is 12.4. The number of nitrogens with one attached hydrogen (secondary N) is 1. The second-order valence-electron chi connectivity index (χ2n) is 8.01. The Morgan fingerprint density at radius 1 is 1.19 bits per heavy atom. The van der Waals surface area contributed by atoms with Crippen molar-refractivity contribution in [3.63, 3.8) is 0 Å². The van der Waals surface area contributed by atoms with Gasteiger partial charge in [-0.15, -0.1) is 16.4 Å². The Bertz CT molecular complexity index is 750. The average molecular weight is 375 g/mol. The smallest absolute Gasteiger partial charge is 0.210 e. The second kappa shape index (κ2) is 7.72. The summed E-state index contributed by atoms with van der Waals surface area (Å²) in [6.07, 6.45) is 1.74. The highest BCUT2D eigenvalue weighted by Gasteiger charge is 2.36. The molecule has 0 aliphatic carbocycles. The number of rotatable bonds is 7. The minimum atomic E-state index is -0.162. The highest BCUT2D eigenvalue weighted by atomic mass is 32.1. The van der Waals surface area contributed by atoms with Gasteiger partial charge in [-0.05, 0) is 54.8 Å². The number of nitrogens with zero attached hydrogens (tertiary/aromatic N) is 4. The van der Waals surface area contributed by atoms with Crippen molar-refractivity contribution in [3.8, 4) is 0 Å². The molecule has 1 unspecified atom stereocenters. The van der Waals surface area contributed by atoms with Crippen molar-refractivity contribution >= 4 is 11.3 Å². The Morgan fingerprint density at radius 2 is 2.00 bits per heavy atom. The van der Waals surface area contributed by atoms with Crippen LogP contribution in [0.15, 0.2) is 40.3 Å². The lowest BCUT2D eigenvalue weighted by Gasteiger charge is -2.31. The molecule has 0 saturated carbocycles. The van der Waals surface area contributed by atoms with Gasteiger partial charge in [0.25, 0.3) is 0 Å². The van der Waals surface area contributed by atoms with E-state index in [1.54, 1.807) is 17.6 Å². The van der Waals surface area contributed by atoms with E-state index >= 15 is 0 Å². The van der Waals surface area contributed by atoms with Crippen molar-refractivity contribution in [2.24, 2.45) is 5.92 Å². The standard InChI is InChI=1S/C19H27N5OS/c1-14(2)17(18-20-21-22-24(18)19(3,4)5)23(12-15-8-6-10-25-15)13-16-9-7-11-26-16/h6-11,14,17H,12-13H2,1-5H3/p+1/t17-/m0/s1. The van der Waals surface area contributed by atoms with Crippen LogP contribution in [0.3, 0.4) is 0 Å². The van der Waals surface area contributed by atoms with Crippen molar-refractivity contribution in [2.45, 2.75) is 59.3 Å². The van der Waals surface area contributed by atoms with Crippen LogP contribution in [0.1, 0.15) is 57.1 Å². The molecule has 0 aliphatic rings. The molecule has 1 N–H and O–H groups in total. The minimum Gasteiger partial charge on any atom is -0.463 e. The number of aromatic nitrogens is 4. The molecule has 0 saturated heterocycles. The van der Waals surface area contributed by atoms with Crippen LogP contribution in [-0.4, -0.2) is 20.2 Å². The van der Waals surface area contributed by atoms with Crippen LogP contribution in [0, 0.1) is 5.92 Å². The topological polar surface area (TPSA) is 61.2 Å². The molecule has 2 atom stereocenters. The van der Waals surface area contributed by atoms with E-state index in [-0.39, 0.29) is 11.6 Å². The highest BCUT2D eigenvalue weighted by Crippen LogP contribution is 2.22. The van der Waals surface area contributed by atoms with Gasteiger partial charge < -0.3 is 9.32 Å². The predicted octanol–water partition coefficient (Wildman–Crippen LogP) is 3.07. The highest BCUT2D eigenvalue weighted by molar-refractivity contribution is 7.09. The monoisotopic (exact) mass is 374 g/mol. The van der Waals surface area contributed by atoms with Gasteiger partial charge in [0.2, 0.25) is 5.82 Å². The fourth-order valence-corrected chi connectivity index (χ4v) is 4.13. The molecule has 0 spiro atoms. The molecule has 0 fully saturated rings. The van der Waals surface area contributed by atoms with Crippen molar-refractivity contribution in [2.75, 3.05) is 0 Å². The first kappa shape index (κ1) is 18.8. The number of hydrogen-bond acceptors (Lipinski definition) is 5. The average Bonchev–Trinajstić information content (AvgIpc) is 3.28. The van der Waals surface area contributed by atoms with Gasteiger partial charge in [-0.25, -0.2) is 4.68 Å². The molecular weight excluding hydrogens is 346 g/mol. The summed E-state index contributed by atoms with van der Waals surface area (Å²) in [5, 5.41) is 14.9. The summed E-state index contributed by atoms with van der Waals surface area (Å²) in [4.78, 5) is 2.74. The third-order valence-corrected chi connectivity index (χ3v) is 5.35. The molecule has 6 nitrogen and oxygen atoms in total. The summed E-state index contributed by atoms with van der Waals surface area (Å²) in [6.45, 7) is 12.6. The lowest BCUT2D eigenvalue weighted by Crippen LogP contribution is -3.10. The Morgan fingerprint density at radius 3 is 2.58 bits per heavy atom. The minimum absolute atomic E-state index is 0.162. The van der Waals surface area contributed by atoms with Gasteiger partial charge in [0.1, 0.15) is 13.1 Å². The largest absolute Gasteiger partial charge is 0.463 e. The van der Waals surface area contributed by atoms with Crippen molar-refractivity contribution in [3.05, 3.63) is 52.4 Å². The number of tetrazole rings is 1. The molecule has 3 rings (SSSR count). The molecule has 0 bridgehead atoms. The van der Waals surface area contributed by atoms with E-state index in [1.165, 1.54) is 9.78 Å². The number of quaternary nitrogens is 1. The fourth-order valence-electron chi connectivity index (χ4n) is 3.37. The van der Waals surface area contributed by atoms with E-state index in [9.17, 15) is 0 Å². The Hall–Kier alpha value is -1.99. The van der Waals surface area contributed by atoms with Gasteiger partial charge in [0.05, 0.1) is 16.7 Å². The van der Waals surface area contributed by atoms with Crippen LogP contribution in [-0.2, 0) is 18.6 Å². The lowest BCUT2D eigenvalue weighted by molar-refractivity contribution is -0.963. The summed E-state index contributed by atoms with van der Waals surface area (Å²) in [7, 11) is 0. The SMILES string of the molecule is CC(C)[C@@H](c1nnnn1C(C)(C)C)[NH+](Cc1ccco1)Cc1cccs1. The third-order valence-electron chi connectivity index (χ3n) is 4.48. The van der Waals surface area contributed by atoms with Crippen molar-refractivity contribution < 1.29 is 9.32 Å². The van der Waals surface area contributed by atoms with Crippen molar-refractivity contribution in [1.29, 1.82) is 0 Å². The van der Waals surface area contributed by atoms with Gasteiger partial charge in [-0.3, -0.25) is 0 Å². The van der Waals surface area contributed by atoms with Crippen LogP contribution >= 0.6 is 11.3 Å². The number of thiophene rings is 1. The zero-order valence-electron chi connectivity index (χ0n) is 16.1. The molecule has 0 aliphatic heterocycles. The first-order valence-electron chi connectivity index (χ1n) is 9.04. The van der Waals surface area contributed by atoms with Crippen LogP contribution < -0.4 is 4.90 Å². The summed E-state index contributed by atoms with van der Waals surface area (Å²) >= 11 is 1.79. The second-order valence-corrected chi connectivity index (χ2v) is 9.04. The van der Waals surface area contributed by atoms with E-state index in [2.05, 4.69) is 67.7 Å². The van der Waals surface area contributed by atoms with E-state index in [4.69, 9.17) is 4.42 Å². The van der Waals surface area contributed by atoms with Crippen LogP contribution in [0.4, 0.5) is 0 Å². The maximum Gasteiger partial charge on any atom is 0.210 e. The van der Waals surface area contributed by atoms with Gasteiger partial charge in [0, 0.05) is 5.92 Å². The molecule has 0 amide bonds. The molecule has 3 aromatic heterocycles. The Kier molecular flexibility index (Phi) is 5.58. The molecule has 7 heteroatoms. The fraction of sp³-hybridized carbons (Fsp3) is 0.526. The lowest BCUT2D eigenvalue weighted by atomic mass is 9.99. The number of furan rings is 1. The van der Waals surface area contributed by atoms with E-state index in [0.29, 0.717) is 5.92 Å². The van der Waals surface area contributed by atoms with Gasteiger partial charge in [-0.1, -0.05) is 19.9 Å². The molecule has 3 aromatic rings. The zero-order chi connectivity index (χ0) is 18.7. The van der Waals surface area contributed by atoms with E-state index in [1.807, 2.05) is 16.8 Å². The maximum absolute atomic E-state index is 5.65. The van der Waals surface area contributed by atoms with E-state index in [0.717, 1.165) is 24.7 Å². The summed E-state index contributed by atoms with van der Waals surface area (Å²) in [5.41, 5.74) is -0.162. The van der Waals surface area contributed by atoms with Gasteiger partial charge in [-0.2, -0.15) is 0 Å². The summed E-state index contributed by atoms with van der Waals surface area (Å²) in [6, 6.07) is 8.45. The third kappa shape index (κ3) is 4.22. The summed E-state index contributed by atoms with van der Waals surface area (Å²) < 4.78 is 7.62. The van der Waals surface area contributed by atoms with Crippen LogP contribution in [0.2, 0.25) is 0 Å². The molecule has 26 heavy (non-hydrogen) atoms. The first-order valence-corrected chi connectivity index (χ1v) is 9.92.